The van der Waals surface area contributed by atoms with Crippen molar-refractivity contribution < 1.29 is 9.59 Å². The van der Waals surface area contributed by atoms with Gasteiger partial charge in [0, 0.05) is 26.7 Å². The van der Waals surface area contributed by atoms with Crippen molar-refractivity contribution in [3.8, 4) is 0 Å². The molecular weight excluding hydrogens is 302 g/mol. The maximum atomic E-state index is 13.1. The van der Waals surface area contributed by atoms with Gasteiger partial charge in [0.2, 0.25) is 0 Å². The van der Waals surface area contributed by atoms with Crippen LogP contribution in [-0.2, 0) is 11.3 Å². The van der Waals surface area contributed by atoms with Crippen LogP contribution in [0, 0.1) is 5.92 Å². The van der Waals surface area contributed by atoms with Crippen LogP contribution in [0.1, 0.15) is 32.3 Å². The monoisotopic (exact) mass is 329 g/mol. The molecule has 0 saturated carbocycles. The molecule has 130 valence electrons. The van der Waals surface area contributed by atoms with Gasteiger partial charge < -0.3 is 9.80 Å². The topological polar surface area (TPSA) is 43.9 Å². The van der Waals surface area contributed by atoms with Gasteiger partial charge in [-0.2, -0.15) is 0 Å². The van der Waals surface area contributed by atoms with Crippen LogP contribution >= 0.6 is 0 Å². The molecule has 0 aromatic heterocycles. The minimum Gasteiger partial charge on any atom is -0.312 e. The molecule has 0 aliphatic carbocycles. The number of piperidine rings is 1. The highest BCUT2D eigenvalue weighted by Gasteiger charge is 2.56. The number of rotatable bonds is 4. The number of nitrogens with zero attached hydrogens (tertiary/aromatic N) is 3. The number of likely N-dealkylation sites (N-methyl/N-ethyl adjacent to an activating group) is 1. The molecule has 1 spiro atoms. The van der Waals surface area contributed by atoms with Crippen molar-refractivity contribution >= 4 is 11.9 Å². The number of benzene rings is 1. The SMILES string of the molecule is CC(C)CN1CCC2(CC1)C(=O)N(Cc1ccccc1)C(=O)N2C. The Morgan fingerprint density at radius 1 is 1.08 bits per heavy atom. The molecule has 2 fully saturated rings. The van der Waals surface area contributed by atoms with E-state index in [2.05, 4.69) is 18.7 Å². The molecule has 5 nitrogen and oxygen atoms in total. The average Bonchev–Trinajstić information content (AvgIpc) is 2.74. The Morgan fingerprint density at radius 3 is 2.29 bits per heavy atom. The Kier molecular flexibility index (Phi) is 4.63. The summed E-state index contributed by atoms with van der Waals surface area (Å²) in [4.78, 5) is 31.3. The number of hydrogen-bond acceptors (Lipinski definition) is 3. The lowest BCUT2D eigenvalue weighted by molar-refractivity contribution is -0.135. The molecule has 2 heterocycles. The fourth-order valence-corrected chi connectivity index (χ4v) is 3.92. The third-order valence-electron chi connectivity index (χ3n) is 5.29. The maximum Gasteiger partial charge on any atom is 0.327 e. The number of amides is 3. The standard InChI is InChI=1S/C19H27N3O2/c1-15(2)13-21-11-9-19(10-12-21)17(23)22(18(24)20(19)3)14-16-7-5-4-6-8-16/h4-8,15H,9-14H2,1-3H3. The van der Waals surface area contributed by atoms with E-state index in [1.54, 1.807) is 11.9 Å². The van der Waals surface area contributed by atoms with E-state index in [1.165, 1.54) is 4.90 Å². The molecule has 0 unspecified atom stereocenters. The summed E-state index contributed by atoms with van der Waals surface area (Å²) in [7, 11) is 1.78. The van der Waals surface area contributed by atoms with Crippen molar-refractivity contribution in [3.05, 3.63) is 35.9 Å². The minimum absolute atomic E-state index is 0.0250. The van der Waals surface area contributed by atoms with Gasteiger partial charge in [0.05, 0.1) is 6.54 Å². The van der Waals surface area contributed by atoms with Crippen LogP contribution in [-0.4, -0.2) is 58.9 Å². The number of hydrogen-bond donors (Lipinski definition) is 0. The van der Waals surface area contributed by atoms with Crippen molar-refractivity contribution in [2.45, 2.75) is 38.8 Å². The summed E-state index contributed by atoms with van der Waals surface area (Å²) in [5.74, 6) is 0.593. The zero-order valence-electron chi connectivity index (χ0n) is 14.9. The predicted octanol–water partition coefficient (Wildman–Crippen LogP) is 2.57. The molecule has 1 aromatic rings. The van der Waals surface area contributed by atoms with Gasteiger partial charge in [-0.25, -0.2) is 4.79 Å². The Morgan fingerprint density at radius 2 is 1.71 bits per heavy atom. The van der Waals surface area contributed by atoms with E-state index in [0.717, 1.165) is 38.0 Å². The van der Waals surface area contributed by atoms with Crippen LogP contribution in [0.5, 0.6) is 0 Å². The number of imide groups is 1. The van der Waals surface area contributed by atoms with Crippen molar-refractivity contribution in [1.82, 2.24) is 14.7 Å². The molecule has 3 amide bonds. The highest BCUT2D eigenvalue weighted by atomic mass is 16.2. The fourth-order valence-electron chi connectivity index (χ4n) is 3.92. The van der Waals surface area contributed by atoms with E-state index in [9.17, 15) is 9.59 Å². The largest absolute Gasteiger partial charge is 0.327 e. The van der Waals surface area contributed by atoms with E-state index in [1.807, 2.05) is 30.3 Å². The molecule has 0 N–H and O–H groups in total. The molecule has 24 heavy (non-hydrogen) atoms. The van der Waals surface area contributed by atoms with Crippen LogP contribution in [0.2, 0.25) is 0 Å². The van der Waals surface area contributed by atoms with Crippen molar-refractivity contribution in [2.75, 3.05) is 26.7 Å². The molecule has 2 saturated heterocycles. The summed E-state index contributed by atoms with van der Waals surface area (Å²) < 4.78 is 0. The molecule has 0 atom stereocenters. The van der Waals surface area contributed by atoms with Gasteiger partial charge in [0.1, 0.15) is 5.54 Å². The van der Waals surface area contributed by atoms with Gasteiger partial charge >= 0.3 is 6.03 Å². The number of carbonyl (C=O) groups is 2. The molecule has 0 radical (unpaired) electrons. The summed E-state index contributed by atoms with van der Waals surface area (Å²) in [6, 6.07) is 9.55. The van der Waals surface area contributed by atoms with Gasteiger partial charge in [-0.3, -0.25) is 9.69 Å². The lowest BCUT2D eigenvalue weighted by Gasteiger charge is -2.41. The lowest BCUT2D eigenvalue weighted by atomic mass is 9.86. The van der Waals surface area contributed by atoms with E-state index in [-0.39, 0.29) is 11.9 Å². The van der Waals surface area contributed by atoms with Crippen LogP contribution in [0.3, 0.4) is 0 Å². The van der Waals surface area contributed by atoms with Gasteiger partial charge in [-0.1, -0.05) is 44.2 Å². The van der Waals surface area contributed by atoms with Crippen LogP contribution in [0.25, 0.3) is 0 Å². The van der Waals surface area contributed by atoms with E-state index < -0.39 is 5.54 Å². The first kappa shape index (κ1) is 17.0. The van der Waals surface area contributed by atoms with Crippen molar-refractivity contribution in [1.29, 1.82) is 0 Å². The summed E-state index contributed by atoms with van der Waals surface area (Å²) in [6.07, 6.45) is 1.46. The first-order valence-electron chi connectivity index (χ1n) is 8.80. The van der Waals surface area contributed by atoms with Crippen LogP contribution in [0.4, 0.5) is 4.79 Å². The molecule has 5 heteroatoms. The average molecular weight is 329 g/mol. The van der Waals surface area contributed by atoms with Gasteiger partial charge in [-0.15, -0.1) is 0 Å². The summed E-state index contributed by atoms with van der Waals surface area (Å²) in [5.41, 5.74) is 0.348. The summed E-state index contributed by atoms with van der Waals surface area (Å²) in [5, 5.41) is 0. The molecule has 2 aliphatic rings. The van der Waals surface area contributed by atoms with Gasteiger partial charge in [-0.05, 0) is 24.3 Å². The Bertz CT molecular complexity index is 606. The molecule has 1 aromatic carbocycles. The first-order chi connectivity index (χ1) is 11.4. The van der Waals surface area contributed by atoms with E-state index in [0.29, 0.717) is 12.5 Å². The highest BCUT2D eigenvalue weighted by molar-refractivity contribution is 6.06. The van der Waals surface area contributed by atoms with Gasteiger partial charge in [0.15, 0.2) is 0 Å². The molecular formula is C19H27N3O2. The summed E-state index contributed by atoms with van der Waals surface area (Å²) >= 11 is 0. The smallest absolute Gasteiger partial charge is 0.312 e. The Labute approximate surface area is 144 Å². The molecule has 3 rings (SSSR count). The van der Waals surface area contributed by atoms with Crippen LogP contribution < -0.4 is 0 Å². The Hall–Kier alpha value is -1.88. The maximum absolute atomic E-state index is 13.1. The third kappa shape index (κ3) is 2.93. The predicted molar refractivity (Wildman–Crippen MR) is 93.4 cm³/mol. The second-order valence-corrected chi connectivity index (χ2v) is 7.44. The number of carbonyl (C=O) groups excluding carboxylic acids is 2. The zero-order chi connectivity index (χ0) is 17.3. The number of likely N-dealkylation sites (tertiary alicyclic amines) is 1. The molecule has 2 aliphatic heterocycles. The van der Waals surface area contributed by atoms with Gasteiger partial charge in [0.25, 0.3) is 5.91 Å². The second kappa shape index (κ2) is 6.55. The van der Waals surface area contributed by atoms with E-state index in [4.69, 9.17) is 0 Å². The summed E-state index contributed by atoms with van der Waals surface area (Å²) in [6.45, 7) is 7.59. The van der Waals surface area contributed by atoms with Crippen molar-refractivity contribution in [2.24, 2.45) is 5.92 Å². The zero-order valence-corrected chi connectivity index (χ0v) is 14.9. The highest BCUT2D eigenvalue weighted by Crippen LogP contribution is 2.36. The number of urea groups is 1. The van der Waals surface area contributed by atoms with Crippen molar-refractivity contribution in [3.63, 3.8) is 0 Å². The lowest BCUT2D eigenvalue weighted by Crippen LogP contribution is -2.55. The second-order valence-electron chi connectivity index (χ2n) is 7.44. The Balaban J connectivity index is 1.74. The first-order valence-corrected chi connectivity index (χ1v) is 8.80. The third-order valence-corrected chi connectivity index (χ3v) is 5.29. The van der Waals surface area contributed by atoms with Crippen LogP contribution in [0.15, 0.2) is 30.3 Å². The quantitative estimate of drug-likeness (QED) is 0.798. The normalized spacial score (nSPS) is 21.3. The minimum atomic E-state index is -0.640. The molecule has 0 bridgehead atoms. The fraction of sp³-hybridized carbons (Fsp3) is 0.579. The van der Waals surface area contributed by atoms with E-state index >= 15 is 0 Å².